The maximum atomic E-state index is 13.1. The van der Waals surface area contributed by atoms with Gasteiger partial charge in [0.1, 0.15) is 0 Å². The minimum absolute atomic E-state index is 0.0328. The summed E-state index contributed by atoms with van der Waals surface area (Å²) in [6.07, 6.45) is -7.13. The van der Waals surface area contributed by atoms with Gasteiger partial charge in [-0.05, 0) is 24.3 Å². The van der Waals surface area contributed by atoms with Crippen molar-refractivity contribution in [2.45, 2.75) is 12.3 Å². The normalized spacial score (nSPS) is 12.3. The number of carbonyl (C=O) groups excluding carboxylic acids is 1. The van der Waals surface area contributed by atoms with E-state index in [1.807, 2.05) is 6.07 Å². The third kappa shape index (κ3) is 3.64. The Morgan fingerprint density at radius 3 is 2.14 bits per heavy atom. The van der Waals surface area contributed by atoms with E-state index in [1.54, 1.807) is 6.07 Å². The van der Waals surface area contributed by atoms with E-state index in [9.17, 15) is 18.0 Å². The fourth-order valence-corrected chi connectivity index (χ4v) is 1.81. The number of hydrogen-bond acceptors (Lipinski definition) is 3. The number of halogens is 3. The Kier molecular flexibility index (Phi) is 4.47. The quantitative estimate of drug-likeness (QED) is 0.805. The Hall–Kier alpha value is -2.81. The van der Waals surface area contributed by atoms with Gasteiger partial charge in [-0.15, -0.1) is 0 Å². The maximum Gasteiger partial charge on any atom is 0.429 e. The van der Waals surface area contributed by atoms with Crippen molar-refractivity contribution in [3.63, 3.8) is 0 Å². The van der Waals surface area contributed by atoms with Crippen LogP contribution < -0.4 is 0 Å². The van der Waals surface area contributed by atoms with E-state index >= 15 is 0 Å². The van der Waals surface area contributed by atoms with Gasteiger partial charge in [0.15, 0.2) is 0 Å². The molecule has 0 bridgehead atoms. The van der Waals surface area contributed by atoms with Gasteiger partial charge in [0.25, 0.3) is 0 Å². The first-order valence-electron chi connectivity index (χ1n) is 6.24. The summed E-state index contributed by atoms with van der Waals surface area (Å²) < 4.78 is 44.0. The lowest BCUT2D eigenvalue weighted by Crippen LogP contribution is -2.26. The average molecular weight is 305 g/mol. The number of carbonyl (C=O) groups is 1. The molecule has 0 aliphatic carbocycles. The molecule has 0 saturated carbocycles. The fraction of sp³-hybridized carbons (Fsp3) is 0.125. The lowest BCUT2D eigenvalue weighted by Gasteiger charge is -2.21. The smallest absolute Gasteiger partial charge is 0.429 e. The zero-order valence-corrected chi connectivity index (χ0v) is 11.2. The number of nitrogens with zero attached hydrogens (tertiary/aromatic N) is 1. The number of ether oxygens (including phenoxy) is 1. The maximum absolute atomic E-state index is 13.1. The van der Waals surface area contributed by atoms with Gasteiger partial charge in [-0.25, -0.2) is 4.79 Å². The summed E-state index contributed by atoms with van der Waals surface area (Å²) in [6, 6.07) is 14.0. The monoisotopic (exact) mass is 305 g/mol. The zero-order chi connectivity index (χ0) is 16.2. The van der Waals surface area contributed by atoms with Crippen LogP contribution in [0, 0.1) is 11.3 Å². The zero-order valence-electron chi connectivity index (χ0n) is 11.2. The van der Waals surface area contributed by atoms with Crippen molar-refractivity contribution in [2.75, 3.05) is 0 Å². The molecule has 0 heterocycles. The third-order valence-corrected chi connectivity index (χ3v) is 2.87. The molecule has 3 nitrogen and oxygen atoms in total. The molecule has 0 aliphatic rings. The number of rotatable bonds is 3. The minimum atomic E-state index is -4.75. The summed E-state index contributed by atoms with van der Waals surface area (Å²) in [6.45, 7) is 0. The second-order valence-electron chi connectivity index (χ2n) is 4.43. The topological polar surface area (TPSA) is 50.1 Å². The summed E-state index contributed by atoms with van der Waals surface area (Å²) in [5.74, 6) is -1.06. The molecule has 2 aromatic carbocycles. The van der Waals surface area contributed by atoms with Crippen molar-refractivity contribution in [2.24, 2.45) is 0 Å². The van der Waals surface area contributed by atoms with Gasteiger partial charge in [0.05, 0.1) is 17.2 Å². The fourth-order valence-electron chi connectivity index (χ4n) is 1.81. The van der Waals surface area contributed by atoms with Gasteiger partial charge >= 0.3 is 12.1 Å². The van der Waals surface area contributed by atoms with Gasteiger partial charge in [-0.1, -0.05) is 30.3 Å². The van der Waals surface area contributed by atoms with Gasteiger partial charge < -0.3 is 4.74 Å². The predicted molar refractivity (Wildman–Crippen MR) is 71.8 cm³/mol. The van der Waals surface area contributed by atoms with Crippen LogP contribution in [-0.2, 0) is 4.74 Å². The number of nitriles is 1. The van der Waals surface area contributed by atoms with Gasteiger partial charge in [0, 0.05) is 5.56 Å². The van der Waals surface area contributed by atoms with Gasteiger partial charge in [-0.2, -0.15) is 18.4 Å². The molecule has 0 amide bonds. The van der Waals surface area contributed by atoms with Crippen LogP contribution in [0.2, 0.25) is 0 Å². The van der Waals surface area contributed by atoms with Crippen molar-refractivity contribution < 1.29 is 22.7 Å². The van der Waals surface area contributed by atoms with Crippen LogP contribution in [0.3, 0.4) is 0 Å². The number of benzene rings is 2. The molecule has 112 valence electrons. The molecular formula is C16H10F3NO2. The molecule has 0 radical (unpaired) electrons. The van der Waals surface area contributed by atoms with E-state index in [4.69, 9.17) is 5.26 Å². The second-order valence-corrected chi connectivity index (χ2v) is 4.43. The molecule has 1 atom stereocenters. The third-order valence-electron chi connectivity index (χ3n) is 2.87. The Bertz CT molecular complexity index is 688. The molecule has 1 unspecified atom stereocenters. The number of alkyl halides is 3. The first kappa shape index (κ1) is 15.6. The Labute approximate surface area is 124 Å². The van der Waals surface area contributed by atoms with Gasteiger partial charge in [0.2, 0.25) is 6.10 Å². The summed E-state index contributed by atoms with van der Waals surface area (Å²) >= 11 is 0. The van der Waals surface area contributed by atoms with Crippen molar-refractivity contribution >= 4 is 5.97 Å². The molecule has 0 N–H and O–H groups in total. The summed E-state index contributed by atoms with van der Waals surface area (Å²) in [4.78, 5) is 11.8. The molecule has 0 saturated heterocycles. The standard InChI is InChI=1S/C16H10F3NO2/c17-16(18,19)14(12-8-6-11(10-20)7-9-12)22-15(21)13-4-2-1-3-5-13/h1-9,14H. The lowest BCUT2D eigenvalue weighted by atomic mass is 10.1. The molecule has 22 heavy (non-hydrogen) atoms. The number of hydrogen-bond donors (Lipinski definition) is 0. The van der Waals surface area contributed by atoms with E-state index < -0.39 is 18.2 Å². The highest BCUT2D eigenvalue weighted by molar-refractivity contribution is 5.89. The second kappa shape index (κ2) is 6.31. The van der Waals surface area contributed by atoms with Crippen LogP contribution >= 0.6 is 0 Å². The van der Waals surface area contributed by atoms with Crippen LogP contribution in [0.1, 0.15) is 27.6 Å². The lowest BCUT2D eigenvalue weighted by molar-refractivity contribution is -0.207. The molecule has 2 rings (SSSR count). The molecule has 0 aliphatic heterocycles. The molecule has 2 aromatic rings. The summed E-state index contributed by atoms with van der Waals surface area (Å²) in [5.41, 5.74) is 0.0141. The van der Waals surface area contributed by atoms with Crippen LogP contribution in [0.4, 0.5) is 13.2 Å². The molecule has 0 aromatic heterocycles. The summed E-state index contributed by atoms with van der Waals surface area (Å²) in [5, 5.41) is 8.66. The SMILES string of the molecule is N#Cc1ccc(C(OC(=O)c2ccccc2)C(F)(F)F)cc1. The number of esters is 1. The van der Waals surface area contributed by atoms with Crippen molar-refractivity contribution in [1.82, 2.24) is 0 Å². The van der Waals surface area contributed by atoms with Crippen LogP contribution in [-0.4, -0.2) is 12.1 Å². The van der Waals surface area contributed by atoms with Gasteiger partial charge in [-0.3, -0.25) is 0 Å². The van der Waals surface area contributed by atoms with Crippen LogP contribution in [0.25, 0.3) is 0 Å². The van der Waals surface area contributed by atoms with Crippen molar-refractivity contribution in [3.05, 3.63) is 71.3 Å². The van der Waals surface area contributed by atoms with Crippen LogP contribution in [0.15, 0.2) is 54.6 Å². The minimum Gasteiger partial charge on any atom is -0.444 e. The highest BCUT2D eigenvalue weighted by atomic mass is 19.4. The molecule has 0 spiro atoms. The molecular weight excluding hydrogens is 295 g/mol. The van der Waals surface area contributed by atoms with Crippen molar-refractivity contribution in [1.29, 1.82) is 5.26 Å². The highest BCUT2D eigenvalue weighted by Gasteiger charge is 2.44. The summed E-state index contributed by atoms with van der Waals surface area (Å²) in [7, 11) is 0. The van der Waals surface area contributed by atoms with E-state index in [1.165, 1.54) is 36.4 Å². The predicted octanol–water partition coefficient (Wildman–Crippen LogP) is 4.02. The van der Waals surface area contributed by atoms with Crippen LogP contribution in [0.5, 0.6) is 0 Å². The molecule has 0 fully saturated rings. The van der Waals surface area contributed by atoms with E-state index in [-0.39, 0.29) is 16.7 Å². The average Bonchev–Trinajstić information content (AvgIpc) is 2.52. The van der Waals surface area contributed by atoms with E-state index in [0.717, 1.165) is 12.1 Å². The highest BCUT2D eigenvalue weighted by Crippen LogP contribution is 2.36. The first-order valence-corrected chi connectivity index (χ1v) is 6.24. The van der Waals surface area contributed by atoms with E-state index in [0.29, 0.717) is 0 Å². The van der Waals surface area contributed by atoms with Crippen molar-refractivity contribution in [3.8, 4) is 6.07 Å². The Balaban J connectivity index is 2.27. The Morgan fingerprint density at radius 1 is 1.05 bits per heavy atom. The first-order chi connectivity index (χ1) is 10.4. The van der Waals surface area contributed by atoms with E-state index in [2.05, 4.69) is 4.74 Å². The molecule has 6 heteroatoms. The largest absolute Gasteiger partial charge is 0.444 e. The Morgan fingerprint density at radius 2 is 1.64 bits per heavy atom.